The number of fused-ring (bicyclic) bond motifs is 1. The molecule has 115 heavy (non-hydrogen) atoms. The van der Waals surface area contributed by atoms with Crippen molar-refractivity contribution in [2.45, 2.75) is 224 Å². The fraction of sp³-hybridized carbons (Fsp3) is 0.708. The van der Waals surface area contributed by atoms with E-state index in [-0.39, 0.29) is 128 Å². The van der Waals surface area contributed by atoms with Crippen LogP contribution in [0.15, 0.2) is 43.0 Å². The maximum Gasteiger partial charge on any atom is 0.481 e. The number of nitrogens with one attached hydrogen (secondary N) is 3. The Morgan fingerprint density at radius 1 is 0.791 bits per heavy atom. The van der Waals surface area contributed by atoms with E-state index in [9.17, 15) is 102 Å². The number of Topliss-reactive ketones (excluding diaryl/α,β-unsaturated/α-hetero) is 2. The molecule has 0 saturated carbocycles. The first-order chi connectivity index (χ1) is 53.8. The van der Waals surface area contributed by atoms with Crippen LogP contribution in [0.25, 0.3) is 11.2 Å². The summed E-state index contributed by atoms with van der Waals surface area (Å²) in [6, 6.07) is 5.72. The van der Waals surface area contributed by atoms with E-state index in [4.69, 9.17) is 29.0 Å². The Bertz CT molecular complexity index is 3920. The number of likely N-dealkylation sites (tertiary alicyclic amines) is 1. The minimum atomic E-state index is -5.67. The minimum absolute atomic E-state index is 0.00239. The lowest BCUT2D eigenvalue weighted by Crippen LogP contribution is -2.55. The standard InChI is InChI=1S/C72H116N11O28P3S/c1-14-43(6)59(51(105-12)36-56(88)82-31-22-26-49(82)61(106-13)44(7)66(91)79-48(70(94)95)33-45-23-18-17-19-24-45)81(11)68(93)47(41(2)3)35-50(85)58(42(4)5)80(10)55(87)27-21-16-15-20-25-46(84)34-53(71(96)97)115-32-30-74-54(86)28-29-75-67(92)63(90)72(8,9)38-108-114(103,104)111-113(101,102)107-37-52-62(110-112(98,99)100)60(89)69(109-52)83-40-78-57-64(73)76-39-77-65(57)83/h17-19,23-24,39-44,47-49,51-53,58-63,69,89-90H,14-16,20-22,25-38H2,1-13H3,(H,74,86)(H,75,92)(H,79,91)(H,94,95)(H,96,97)(H,101,102)(H,103,104)(H2,73,76,77)(H2,98,99,100). The number of nitrogen functional groups attached to an aromatic ring is 1. The summed E-state index contributed by atoms with van der Waals surface area (Å²) in [5, 5.41) is 48.2. The van der Waals surface area contributed by atoms with Crippen LogP contribution < -0.4 is 21.7 Å². The maximum atomic E-state index is 14.8. The number of carboxylic acids is 2. The Kier molecular flexibility index (Phi) is 39.0. The lowest BCUT2D eigenvalue weighted by Gasteiger charge is -2.41. The number of amides is 6. The number of aromatic nitrogens is 4. The molecule has 17 atom stereocenters. The van der Waals surface area contributed by atoms with Crippen molar-refractivity contribution in [3.05, 3.63) is 48.5 Å². The van der Waals surface area contributed by atoms with E-state index < -0.39 is 156 Å². The number of anilines is 1. The number of carboxylic acid groups (broad SMARTS) is 2. The Labute approximate surface area is 672 Å². The Hall–Kier alpha value is -6.81. The topological polar surface area (TPSA) is 564 Å². The number of aliphatic carboxylic acids is 2. The number of aliphatic hydroxyl groups is 2. The summed E-state index contributed by atoms with van der Waals surface area (Å²) in [5.41, 5.74) is 4.86. The number of hydrogen-bond donors (Lipinski definition) is 12. The molecule has 0 aliphatic carbocycles. The average Bonchev–Trinajstić information content (AvgIpc) is 1.66. The van der Waals surface area contributed by atoms with Crippen molar-refractivity contribution < 1.29 is 134 Å². The van der Waals surface area contributed by atoms with Gasteiger partial charge in [-0.15, -0.1) is 11.8 Å². The highest BCUT2D eigenvalue weighted by Gasteiger charge is 2.51. The second kappa shape index (κ2) is 45.4. The van der Waals surface area contributed by atoms with E-state index in [1.165, 1.54) is 33.0 Å². The molecule has 2 saturated heterocycles. The van der Waals surface area contributed by atoms with Crippen LogP contribution in [0.1, 0.15) is 158 Å². The molecule has 17 unspecified atom stereocenters. The molecule has 2 fully saturated rings. The quantitative estimate of drug-likeness (QED) is 0.0276. The Morgan fingerprint density at radius 2 is 1.44 bits per heavy atom. The number of imidazole rings is 1. The normalized spacial score (nSPS) is 20.4. The first-order valence-corrected chi connectivity index (χ1v) is 43.6. The summed E-state index contributed by atoms with van der Waals surface area (Å²) in [4.78, 5) is 191. The van der Waals surface area contributed by atoms with E-state index in [2.05, 4.69) is 39.7 Å². The number of methoxy groups -OCH3 is 2. The van der Waals surface area contributed by atoms with Gasteiger partial charge in [0.15, 0.2) is 23.5 Å². The molecule has 3 aromatic rings. The van der Waals surface area contributed by atoms with E-state index in [0.717, 1.165) is 34.5 Å². The molecule has 4 heterocycles. The first-order valence-electron chi connectivity index (χ1n) is 38.0. The number of unbranched alkanes of at least 4 members (excludes halogenated alkanes) is 3. The average molecular weight is 1710 g/mol. The van der Waals surface area contributed by atoms with Gasteiger partial charge in [0.05, 0.1) is 62.2 Å². The van der Waals surface area contributed by atoms with Gasteiger partial charge in [-0.05, 0) is 49.0 Å². The molecule has 1 aromatic carbocycles. The molecule has 0 radical (unpaired) electrons. The Balaban J connectivity index is 1.00. The molecule has 2 aromatic heterocycles. The van der Waals surface area contributed by atoms with Crippen LogP contribution in [0.3, 0.4) is 0 Å². The van der Waals surface area contributed by atoms with Gasteiger partial charge in [0.2, 0.25) is 35.4 Å². The number of ketones is 2. The maximum absolute atomic E-state index is 14.8. The molecule has 0 spiro atoms. The van der Waals surface area contributed by atoms with E-state index in [0.29, 0.717) is 51.5 Å². The van der Waals surface area contributed by atoms with Gasteiger partial charge >= 0.3 is 35.4 Å². The van der Waals surface area contributed by atoms with Crippen molar-refractivity contribution in [3.8, 4) is 0 Å². The van der Waals surface area contributed by atoms with E-state index in [1.807, 2.05) is 47.6 Å². The number of rotatable bonds is 52. The number of benzene rings is 1. The van der Waals surface area contributed by atoms with E-state index >= 15 is 0 Å². The van der Waals surface area contributed by atoms with Crippen LogP contribution in [0.5, 0.6) is 0 Å². The zero-order valence-corrected chi connectivity index (χ0v) is 70.7. The fourth-order valence-electron chi connectivity index (χ4n) is 14.0. The lowest BCUT2D eigenvalue weighted by molar-refractivity contribution is -0.150. The molecule has 648 valence electrons. The molecule has 2 aliphatic rings. The first kappa shape index (κ1) is 98.8. The highest BCUT2D eigenvalue weighted by molar-refractivity contribution is 8.00. The second-order valence-electron chi connectivity index (χ2n) is 30.3. The number of likely N-dealkylation sites (N-methyl/N-ethyl adjacent to an activating group) is 2. The highest BCUT2D eigenvalue weighted by atomic mass is 32.2. The molecule has 6 amide bonds. The lowest BCUT2D eigenvalue weighted by atomic mass is 9.83. The molecule has 39 nitrogen and oxygen atoms in total. The molecular formula is C72H116N11O28P3S. The third-order valence-corrected chi connectivity index (χ3v) is 24.9. The molecule has 2 aliphatic heterocycles. The number of carbonyl (C=O) groups is 10. The number of ether oxygens (including phenoxy) is 3. The number of phosphoric ester groups is 3. The smallest absolute Gasteiger partial charge is 0.480 e. The largest absolute Gasteiger partial charge is 0.481 e. The van der Waals surface area contributed by atoms with Crippen molar-refractivity contribution in [1.82, 2.24) is 50.2 Å². The molecule has 0 bridgehead atoms. The third-order valence-electron chi connectivity index (χ3n) is 20.6. The number of nitrogens with zero attached hydrogens (tertiary/aromatic N) is 7. The number of nitrogens with two attached hydrogens (primary N) is 1. The highest BCUT2D eigenvalue weighted by Crippen LogP contribution is 2.61. The number of thioether (sulfide) groups is 1. The number of aliphatic hydroxyl groups excluding tert-OH is 2. The predicted octanol–water partition coefficient (Wildman–Crippen LogP) is 4.34. The zero-order chi connectivity index (χ0) is 86.2. The number of hydrogen-bond acceptors (Lipinski definition) is 27. The van der Waals surface area contributed by atoms with Crippen LogP contribution in [0, 0.1) is 35.0 Å². The zero-order valence-electron chi connectivity index (χ0n) is 67.2. The second-order valence-corrected chi connectivity index (χ2v) is 35.9. The SMILES string of the molecule is CCC(C)C(C(CC(=O)N1CCCC1C(OC)C(C)C(=O)NC(Cc1ccccc1)C(=O)O)OC)N(C)C(=O)C(CC(=O)C(C(C)C)N(C)C(=O)CCCCCCC(=O)CC(SCCNC(=O)CCNC(=O)C(O)C(C)(C)COP(=O)(O)OP(=O)(O)OCC1OC(n2cnc3c(N)ncnc32)C(O)C1OP(=O)(O)O)C(=O)O)C(C)C. The van der Waals surface area contributed by atoms with Crippen LogP contribution >= 0.6 is 35.2 Å². The predicted molar refractivity (Wildman–Crippen MR) is 416 cm³/mol. The number of carbonyl (C=O) groups excluding carboxylic acids is 8. The van der Waals surface area contributed by atoms with Crippen molar-refractivity contribution in [2.75, 3.05) is 72.6 Å². The van der Waals surface area contributed by atoms with Crippen LogP contribution in [0.4, 0.5) is 5.82 Å². The van der Waals surface area contributed by atoms with Crippen LogP contribution in [0.2, 0.25) is 0 Å². The van der Waals surface area contributed by atoms with Gasteiger partial charge < -0.3 is 90.6 Å². The Morgan fingerprint density at radius 3 is 2.04 bits per heavy atom. The summed E-state index contributed by atoms with van der Waals surface area (Å²) in [6.07, 6.45) is -5.67. The minimum Gasteiger partial charge on any atom is -0.480 e. The van der Waals surface area contributed by atoms with Gasteiger partial charge in [-0.2, -0.15) is 4.31 Å². The van der Waals surface area contributed by atoms with Crippen molar-refractivity contribution in [3.63, 3.8) is 0 Å². The van der Waals surface area contributed by atoms with Crippen molar-refractivity contribution in [2.24, 2.45) is 35.0 Å². The van der Waals surface area contributed by atoms with Gasteiger partial charge in [-0.3, -0.25) is 61.3 Å². The van der Waals surface area contributed by atoms with Crippen molar-refractivity contribution >= 4 is 111 Å². The molecular weight excluding hydrogens is 1590 g/mol. The fourth-order valence-corrected chi connectivity index (χ4v) is 17.8. The summed E-state index contributed by atoms with van der Waals surface area (Å²) >= 11 is 0.928. The molecule has 43 heteroatoms. The monoisotopic (exact) mass is 1710 g/mol. The summed E-state index contributed by atoms with van der Waals surface area (Å²) in [5.74, 6) is -8.59. The summed E-state index contributed by atoms with van der Waals surface area (Å²) < 4.78 is 74.9. The molecule has 13 N–H and O–H groups in total. The van der Waals surface area contributed by atoms with Gasteiger partial charge in [-0.1, -0.05) is 112 Å². The number of phosphoric acid groups is 3. The van der Waals surface area contributed by atoms with E-state index in [1.54, 1.807) is 55.1 Å². The van der Waals surface area contributed by atoms with Gasteiger partial charge in [0.1, 0.15) is 53.3 Å². The van der Waals surface area contributed by atoms with Crippen LogP contribution in [-0.2, 0) is 100 Å². The van der Waals surface area contributed by atoms with Crippen molar-refractivity contribution in [1.29, 1.82) is 0 Å². The van der Waals surface area contributed by atoms with Gasteiger partial charge in [-0.25, -0.2) is 33.4 Å². The summed E-state index contributed by atoms with van der Waals surface area (Å²) in [6.45, 7) is 13.2. The summed E-state index contributed by atoms with van der Waals surface area (Å²) in [7, 11) is -10.5. The molecule has 5 rings (SSSR count). The van der Waals surface area contributed by atoms with Gasteiger partial charge in [0, 0.05) is 104 Å². The van der Waals surface area contributed by atoms with Gasteiger partial charge in [0.25, 0.3) is 0 Å². The van der Waals surface area contributed by atoms with Crippen LogP contribution in [-0.4, -0.2) is 266 Å². The third kappa shape index (κ3) is 29.6.